The summed E-state index contributed by atoms with van der Waals surface area (Å²) in [4.78, 5) is -2.67. The summed E-state index contributed by atoms with van der Waals surface area (Å²) in [6, 6.07) is -0.563. The van der Waals surface area contributed by atoms with Crippen molar-refractivity contribution in [3.8, 4) is 0 Å². The Balaban J connectivity index is 3.97. The van der Waals surface area contributed by atoms with Gasteiger partial charge < -0.3 is 5.73 Å². The fraction of sp³-hybridized carbons (Fsp3) is 0.400. The number of alkyl halides is 12. The van der Waals surface area contributed by atoms with Crippen molar-refractivity contribution in [2.45, 2.75) is 25.0 Å². The molecule has 0 bridgehead atoms. The van der Waals surface area contributed by atoms with E-state index in [0.717, 1.165) is 0 Å². The molecule has 0 fully saturated rings. The van der Waals surface area contributed by atoms with Crippen molar-refractivity contribution in [2.75, 3.05) is 10.6 Å². The van der Waals surface area contributed by atoms with Crippen LogP contribution in [0.1, 0.15) is 11.1 Å². The van der Waals surface area contributed by atoms with Crippen LogP contribution in [0.15, 0.2) is 12.1 Å². The third-order valence-corrected chi connectivity index (χ3v) is 2.53. The van der Waals surface area contributed by atoms with Gasteiger partial charge in [-0.25, -0.2) is 0 Å². The van der Waals surface area contributed by atoms with E-state index in [1.807, 2.05) is 0 Å². The largest absolute Gasteiger partial charge is 0.491 e. The zero-order valence-corrected chi connectivity index (χ0v) is 10.7. The molecule has 0 aliphatic rings. The second-order valence-corrected chi connectivity index (χ2v) is 4.19. The Morgan fingerprint density at radius 3 is 1.29 bits per heavy atom. The molecular formula is C10H4F12N2. The van der Waals surface area contributed by atoms with Crippen molar-refractivity contribution in [2.24, 2.45) is 0 Å². The van der Waals surface area contributed by atoms with E-state index < -0.39 is 58.4 Å². The normalized spacial score (nSPS) is 14.0. The predicted octanol–water partition coefficient (Wildman–Crippen LogP) is 5.15. The van der Waals surface area contributed by atoms with Gasteiger partial charge in [0.15, 0.2) is 0 Å². The van der Waals surface area contributed by atoms with E-state index >= 15 is 0 Å². The summed E-state index contributed by atoms with van der Waals surface area (Å²) in [6.45, 7) is 0. The second-order valence-electron chi connectivity index (χ2n) is 4.19. The lowest BCUT2D eigenvalue weighted by molar-refractivity contribution is -0.228. The van der Waals surface area contributed by atoms with Crippen LogP contribution in [0, 0.1) is 0 Å². The standard InChI is InChI=1S/C10H4F12N2/c11-7(12,13)5-3(23)1-2-4(6(5)8(14,15)16)24(9(17,18)19)10(20,21)22/h1-2H,23H2. The highest BCUT2D eigenvalue weighted by Crippen LogP contribution is 2.51. The van der Waals surface area contributed by atoms with Crippen molar-refractivity contribution in [3.63, 3.8) is 0 Å². The Morgan fingerprint density at radius 1 is 0.625 bits per heavy atom. The molecule has 0 unspecified atom stereocenters. The third-order valence-electron chi connectivity index (χ3n) is 2.53. The lowest BCUT2D eigenvalue weighted by Crippen LogP contribution is -2.49. The highest BCUT2D eigenvalue weighted by Gasteiger charge is 2.58. The molecule has 0 aliphatic carbocycles. The molecule has 0 atom stereocenters. The van der Waals surface area contributed by atoms with Crippen LogP contribution in [0.5, 0.6) is 0 Å². The fourth-order valence-electron chi connectivity index (χ4n) is 1.80. The van der Waals surface area contributed by atoms with Crippen LogP contribution in [0.25, 0.3) is 0 Å². The first kappa shape index (κ1) is 20.0. The van der Waals surface area contributed by atoms with E-state index in [-0.39, 0.29) is 6.07 Å². The molecule has 0 heterocycles. The van der Waals surface area contributed by atoms with Crippen LogP contribution in [-0.4, -0.2) is 12.6 Å². The number of nitrogens with two attached hydrogens (primary N) is 1. The van der Waals surface area contributed by atoms with Gasteiger partial charge >= 0.3 is 25.0 Å². The number of benzene rings is 1. The summed E-state index contributed by atoms with van der Waals surface area (Å²) in [5.74, 6) is 0. The maximum atomic E-state index is 12.8. The predicted molar refractivity (Wildman–Crippen MR) is 55.4 cm³/mol. The maximum absolute atomic E-state index is 12.8. The summed E-state index contributed by atoms with van der Waals surface area (Å²) in [7, 11) is 0. The lowest BCUT2D eigenvalue weighted by Gasteiger charge is -2.32. The smallest absolute Gasteiger partial charge is 0.398 e. The monoisotopic (exact) mass is 380 g/mol. The summed E-state index contributed by atoms with van der Waals surface area (Å²) >= 11 is 0. The number of nitrogen functional groups attached to an aromatic ring is 1. The third kappa shape index (κ3) is 3.90. The molecule has 0 aliphatic heterocycles. The second kappa shape index (κ2) is 5.51. The molecule has 14 heteroatoms. The molecule has 138 valence electrons. The van der Waals surface area contributed by atoms with Gasteiger partial charge in [0.05, 0.1) is 16.8 Å². The molecule has 0 radical (unpaired) electrons. The maximum Gasteiger partial charge on any atom is 0.491 e. The van der Waals surface area contributed by atoms with E-state index in [1.165, 1.54) is 0 Å². The van der Waals surface area contributed by atoms with E-state index in [2.05, 4.69) is 0 Å². The number of hydrogen-bond donors (Lipinski definition) is 1. The molecule has 2 nitrogen and oxygen atoms in total. The van der Waals surface area contributed by atoms with Crippen LogP contribution < -0.4 is 10.6 Å². The molecule has 0 saturated carbocycles. The molecule has 0 aromatic heterocycles. The van der Waals surface area contributed by atoms with Gasteiger partial charge in [-0.15, -0.1) is 26.3 Å². The molecule has 1 aromatic carbocycles. The van der Waals surface area contributed by atoms with Crippen LogP contribution >= 0.6 is 0 Å². The van der Waals surface area contributed by atoms with Gasteiger partial charge in [0.1, 0.15) is 0 Å². The Hall–Kier alpha value is -2.02. The number of rotatable bonds is 1. The van der Waals surface area contributed by atoms with Gasteiger partial charge in [0, 0.05) is 5.69 Å². The van der Waals surface area contributed by atoms with E-state index in [0.29, 0.717) is 0 Å². The zero-order chi connectivity index (χ0) is 19.3. The molecule has 1 aromatic rings. The first-order valence-corrected chi connectivity index (χ1v) is 5.39. The van der Waals surface area contributed by atoms with Crippen LogP contribution in [0.2, 0.25) is 0 Å². The van der Waals surface area contributed by atoms with Crippen molar-refractivity contribution in [1.82, 2.24) is 0 Å². The molecule has 0 saturated heterocycles. The SMILES string of the molecule is Nc1ccc(N(C(F)(F)F)C(F)(F)F)c(C(F)(F)F)c1C(F)(F)F. The van der Waals surface area contributed by atoms with Crippen LogP contribution in [0.4, 0.5) is 64.1 Å². The van der Waals surface area contributed by atoms with Crippen LogP contribution in [-0.2, 0) is 12.4 Å². The number of nitrogens with zero attached hydrogens (tertiary/aromatic N) is 1. The quantitative estimate of drug-likeness (QED) is 0.415. The molecule has 0 spiro atoms. The minimum atomic E-state index is -6.47. The molecule has 0 amide bonds. The summed E-state index contributed by atoms with van der Waals surface area (Å²) < 4.78 is 152. The van der Waals surface area contributed by atoms with Gasteiger partial charge in [-0.2, -0.15) is 31.2 Å². The molecule has 2 N–H and O–H groups in total. The molecular weight excluding hydrogens is 376 g/mol. The summed E-state index contributed by atoms with van der Waals surface area (Å²) in [5, 5.41) is 0. The van der Waals surface area contributed by atoms with Crippen molar-refractivity contribution < 1.29 is 52.7 Å². The lowest BCUT2D eigenvalue weighted by atomic mass is 10.0. The zero-order valence-electron chi connectivity index (χ0n) is 10.7. The minimum Gasteiger partial charge on any atom is -0.398 e. The highest BCUT2D eigenvalue weighted by atomic mass is 19.4. The Morgan fingerprint density at radius 2 is 1.00 bits per heavy atom. The van der Waals surface area contributed by atoms with Crippen molar-refractivity contribution >= 4 is 11.4 Å². The van der Waals surface area contributed by atoms with Gasteiger partial charge in [-0.05, 0) is 12.1 Å². The van der Waals surface area contributed by atoms with Gasteiger partial charge in [-0.3, -0.25) is 0 Å². The van der Waals surface area contributed by atoms with Gasteiger partial charge in [0.25, 0.3) is 0 Å². The Labute approximate surface area is 124 Å². The summed E-state index contributed by atoms with van der Waals surface area (Å²) in [6.07, 6.45) is -25.1. The van der Waals surface area contributed by atoms with Crippen molar-refractivity contribution in [3.05, 3.63) is 23.3 Å². The first-order valence-electron chi connectivity index (χ1n) is 5.39. The van der Waals surface area contributed by atoms with E-state index in [9.17, 15) is 52.7 Å². The molecule has 1 rings (SSSR count). The summed E-state index contributed by atoms with van der Waals surface area (Å²) in [5.41, 5.74) is -5.81. The highest BCUT2D eigenvalue weighted by molar-refractivity contribution is 5.68. The van der Waals surface area contributed by atoms with Gasteiger partial charge in [-0.1, -0.05) is 0 Å². The molecule has 24 heavy (non-hydrogen) atoms. The average molecular weight is 380 g/mol. The first-order chi connectivity index (χ1) is 10.4. The Bertz CT molecular complexity index is 592. The number of hydrogen-bond acceptors (Lipinski definition) is 2. The number of halogens is 12. The topological polar surface area (TPSA) is 29.3 Å². The van der Waals surface area contributed by atoms with Gasteiger partial charge in [0.2, 0.25) is 0 Å². The van der Waals surface area contributed by atoms with Crippen molar-refractivity contribution in [1.29, 1.82) is 0 Å². The average Bonchev–Trinajstić information content (AvgIpc) is 2.23. The number of anilines is 2. The minimum absolute atomic E-state index is 0.127. The Kier molecular flexibility index (Phi) is 4.60. The van der Waals surface area contributed by atoms with E-state index in [4.69, 9.17) is 5.73 Å². The van der Waals surface area contributed by atoms with Crippen LogP contribution in [0.3, 0.4) is 0 Å². The fourth-order valence-corrected chi connectivity index (χ4v) is 1.80. The van der Waals surface area contributed by atoms with E-state index in [1.54, 1.807) is 0 Å².